The van der Waals surface area contributed by atoms with Crippen LogP contribution in [0.5, 0.6) is 0 Å². The summed E-state index contributed by atoms with van der Waals surface area (Å²) >= 11 is 0. The lowest BCUT2D eigenvalue weighted by molar-refractivity contribution is 0.660. The molecule has 6 aromatic carbocycles. The summed E-state index contributed by atoms with van der Waals surface area (Å²) in [7, 11) is 0. The minimum absolute atomic E-state index is 0.0272. The molecule has 7 rings (SSSR count). The summed E-state index contributed by atoms with van der Waals surface area (Å²) in [6.07, 6.45) is 0. The highest BCUT2D eigenvalue weighted by Crippen LogP contribution is 2.49. The van der Waals surface area contributed by atoms with E-state index in [1.54, 1.807) is 0 Å². The van der Waals surface area contributed by atoms with Crippen molar-refractivity contribution in [3.05, 3.63) is 157 Å². The first-order valence-electron chi connectivity index (χ1n) is 14.0. The molecule has 0 bridgehead atoms. The van der Waals surface area contributed by atoms with Crippen molar-refractivity contribution < 1.29 is 0 Å². The van der Waals surface area contributed by atoms with Crippen LogP contribution in [0.25, 0.3) is 44.5 Å². The molecule has 1 aliphatic carbocycles. The quantitative estimate of drug-likeness (QED) is 0.242. The second-order valence-electron chi connectivity index (χ2n) is 11.1. The zero-order valence-corrected chi connectivity index (χ0v) is 22.9. The Morgan fingerprint density at radius 1 is 0.375 bits per heavy atom. The van der Waals surface area contributed by atoms with Gasteiger partial charge >= 0.3 is 0 Å². The molecule has 0 saturated heterocycles. The first-order chi connectivity index (χ1) is 19.6. The zero-order valence-electron chi connectivity index (χ0n) is 22.9. The van der Waals surface area contributed by atoms with Gasteiger partial charge in [-0.1, -0.05) is 135 Å². The van der Waals surface area contributed by atoms with E-state index in [0.29, 0.717) is 0 Å². The summed E-state index contributed by atoms with van der Waals surface area (Å²) in [4.78, 5) is 0. The maximum atomic E-state index is 3.75. The van der Waals surface area contributed by atoms with Gasteiger partial charge in [0.15, 0.2) is 0 Å². The first-order valence-corrected chi connectivity index (χ1v) is 14.0. The first kappa shape index (κ1) is 24.2. The summed E-state index contributed by atoms with van der Waals surface area (Å²) in [5.41, 5.74) is 14.9. The molecule has 1 heteroatoms. The second-order valence-corrected chi connectivity index (χ2v) is 11.1. The fourth-order valence-corrected chi connectivity index (χ4v) is 6.25. The van der Waals surface area contributed by atoms with E-state index in [-0.39, 0.29) is 5.41 Å². The van der Waals surface area contributed by atoms with Gasteiger partial charge in [-0.15, -0.1) is 0 Å². The Morgan fingerprint density at radius 3 is 1.52 bits per heavy atom. The Hall–Kier alpha value is -4.88. The Morgan fingerprint density at radius 2 is 0.850 bits per heavy atom. The number of nitrogens with one attached hydrogen (secondary N) is 1. The molecule has 0 atom stereocenters. The second kappa shape index (κ2) is 9.70. The Kier molecular flexibility index (Phi) is 5.86. The summed E-state index contributed by atoms with van der Waals surface area (Å²) < 4.78 is 0. The van der Waals surface area contributed by atoms with Gasteiger partial charge in [0.25, 0.3) is 0 Å². The Balaban J connectivity index is 1.33. The lowest BCUT2D eigenvalue weighted by atomic mass is 9.82. The molecule has 0 fully saturated rings. The van der Waals surface area contributed by atoms with Gasteiger partial charge in [0.1, 0.15) is 0 Å². The molecule has 0 saturated carbocycles. The molecule has 0 unspecified atom stereocenters. The van der Waals surface area contributed by atoms with Crippen LogP contribution in [-0.4, -0.2) is 0 Å². The standard InChI is InChI=1S/C39H31N/c1-39(2)37-20-12-11-19-34(37)35-24-22-30(26-38(35)39)40-29-21-23-32(28-15-7-4-8-16-28)36(25-29)33-18-10-9-17-31(33)27-13-5-3-6-14-27/h3-26,40H,1-2H3. The highest BCUT2D eigenvalue weighted by atomic mass is 14.9. The fraction of sp³-hybridized carbons (Fsp3) is 0.0769. The number of hydrogen-bond donors (Lipinski definition) is 1. The van der Waals surface area contributed by atoms with Crippen molar-refractivity contribution in [2.45, 2.75) is 19.3 Å². The zero-order chi connectivity index (χ0) is 27.1. The summed E-state index contributed by atoms with van der Waals surface area (Å²) in [6, 6.07) is 52.4. The number of rotatable bonds is 5. The molecule has 6 aromatic rings. The normalized spacial score (nSPS) is 12.9. The lowest BCUT2D eigenvalue weighted by Crippen LogP contribution is -2.15. The molecular formula is C39H31N. The van der Waals surface area contributed by atoms with Crippen LogP contribution in [0.4, 0.5) is 11.4 Å². The van der Waals surface area contributed by atoms with Crippen LogP contribution in [0.3, 0.4) is 0 Å². The highest BCUT2D eigenvalue weighted by molar-refractivity contribution is 5.93. The SMILES string of the molecule is CC1(C)c2ccccc2-c2ccc(Nc3ccc(-c4ccccc4)c(-c4ccccc4-c4ccccc4)c3)cc21. The van der Waals surface area contributed by atoms with E-state index in [4.69, 9.17) is 0 Å². The van der Waals surface area contributed by atoms with Gasteiger partial charge in [0.05, 0.1) is 0 Å². The predicted octanol–water partition coefficient (Wildman–Crippen LogP) is 10.7. The van der Waals surface area contributed by atoms with Crippen molar-refractivity contribution in [1.29, 1.82) is 0 Å². The average Bonchev–Trinajstić information content (AvgIpc) is 3.24. The Labute approximate surface area is 236 Å². The largest absolute Gasteiger partial charge is 0.355 e. The van der Waals surface area contributed by atoms with Gasteiger partial charge < -0.3 is 5.32 Å². The fourth-order valence-electron chi connectivity index (χ4n) is 6.25. The molecule has 0 aromatic heterocycles. The molecule has 1 aliphatic rings. The number of fused-ring (bicyclic) bond motifs is 3. The molecule has 0 amide bonds. The van der Waals surface area contributed by atoms with E-state index < -0.39 is 0 Å². The van der Waals surface area contributed by atoms with Crippen LogP contribution < -0.4 is 5.32 Å². The van der Waals surface area contributed by atoms with Crippen molar-refractivity contribution in [2.24, 2.45) is 0 Å². The van der Waals surface area contributed by atoms with Crippen LogP contribution >= 0.6 is 0 Å². The van der Waals surface area contributed by atoms with E-state index >= 15 is 0 Å². The van der Waals surface area contributed by atoms with Crippen LogP contribution in [0.1, 0.15) is 25.0 Å². The summed E-state index contributed by atoms with van der Waals surface area (Å²) in [5.74, 6) is 0. The van der Waals surface area contributed by atoms with Gasteiger partial charge in [-0.2, -0.15) is 0 Å². The third-order valence-electron chi connectivity index (χ3n) is 8.28. The predicted molar refractivity (Wildman–Crippen MR) is 170 cm³/mol. The highest BCUT2D eigenvalue weighted by Gasteiger charge is 2.35. The van der Waals surface area contributed by atoms with Gasteiger partial charge in [-0.3, -0.25) is 0 Å². The molecule has 0 radical (unpaired) electrons. The topological polar surface area (TPSA) is 12.0 Å². The van der Waals surface area contributed by atoms with E-state index in [2.05, 4.69) is 165 Å². The third kappa shape index (κ3) is 4.12. The molecule has 0 heterocycles. The molecule has 40 heavy (non-hydrogen) atoms. The monoisotopic (exact) mass is 513 g/mol. The van der Waals surface area contributed by atoms with Crippen LogP contribution in [-0.2, 0) is 5.41 Å². The van der Waals surface area contributed by atoms with E-state index in [1.807, 2.05) is 0 Å². The molecule has 1 N–H and O–H groups in total. The smallest absolute Gasteiger partial charge is 0.0390 e. The van der Waals surface area contributed by atoms with Crippen molar-refractivity contribution >= 4 is 11.4 Å². The van der Waals surface area contributed by atoms with Crippen molar-refractivity contribution in [3.63, 3.8) is 0 Å². The van der Waals surface area contributed by atoms with E-state index in [9.17, 15) is 0 Å². The molecule has 192 valence electrons. The van der Waals surface area contributed by atoms with E-state index in [1.165, 1.54) is 55.6 Å². The molecule has 0 aliphatic heterocycles. The minimum atomic E-state index is -0.0272. The van der Waals surface area contributed by atoms with Gasteiger partial charge in [0, 0.05) is 16.8 Å². The average molecular weight is 514 g/mol. The van der Waals surface area contributed by atoms with Crippen LogP contribution in [0, 0.1) is 0 Å². The van der Waals surface area contributed by atoms with Gasteiger partial charge in [0.2, 0.25) is 0 Å². The molecular weight excluding hydrogens is 482 g/mol. The van der Waals surface area contributed by atoms with Gasteiger partial charge in [-0.05, 0) is 79.9 Å². The van der Waals surface area contributed by atoms with Gasteiger partial charge in [-0.25, -0.2) is 0 Å². The van der Waals surface area contributed by atoms with Crippen LogP contribution in [0.2, 0.25) is 0 Å². The van der Waals surface area contributed by atoms with Crippen molar-refractivity contribution in [2.75, 3.05) is 5.32 Å². The van der Waals surface area contributed by atoms with Crippen molar-refractivity contribution in [1.82, 2.24) is 0 Å². The molecule has 1 nitrogen and oxygen atoms in total. The maximum Gasteiger partial charge on any atom is 0.0390 e. The Bertz CT molecular complexity index is 1830. The van der Waals surface area contributed by atoms with E-state index in [0.717, 1.165) is 11.4 Å². The molecule has 0 spiro atoms. The third-order valence-corrected chi connectivity index (χ3v) is 8.28. The summed E-state index contributed by atoms with van der Waals surface area (Å²) in [6.45, 7) is 4.66. The number of anilines is 2. The number of hydrogen-bond acceptors (Lipinski definition) is 1. The maximum absolute atomic E-state index is 3.75. The minimum Gasteiger partial charge on any atom is -0.355 e. The van der Waals surface area contributed by atoms with Crippen LogP contribution in [0.15, 0.2) is 146 Å². The van der Waals surface area contributed by atoms with Crippen molar-refractivity contribution in [3.8, 4) is 44.5 Å². The summed E-state index contributed by atoms with van der Waals surface area (Å²) in [5, 5.41) is 3.75. The lowest BCUT2D eigenvalue weighted by Gasteiger charge is -2.22. The number of benzene rings is 6.